The molecule has 1 saturated heterocycles. The molecule has 3 nitrogen and oxygen atoms in total. The number of rotatable bonds is 6. The zero-order chi connectivity index (χ0) is 8.65. The third-order valence-corrected chi connectivity index (χ3v) is 1.95. The molecule has 1 atom stereocenters. The van der Waals surface area contributed by atoms with E-state index in [1.807, 2.05) is 0 Å². The molecule has 1 N–H and O–H groups in total. The van der Waals surface area contributed by atoms with Crippen molar-refractivity contribution < 1.29 is 9.47 Å². The Morgan fingerprint density at radius 2 is 2.42 bits per heavy atom. The van der Waals surface area contributed by atoms with Gasteiger partial charge in [-0.3, -0.25) is 0 Å². The lowest BCUT2D eigenvalue weighted by Crippen LogP contribution is -2.23. The van der Waals surface area contributed by atoms with Crippen molar-refractivity contribution in [3.63, 3.8) is 0 Å². The van der Waals surface area contributed by atoms with Crippen molar-refractivity contribution >= 4 is 0 Å². The van der Waals surface area contributed by atoms with Crippen LogP contribution >= 0.6 is 0 Å². The fourth-order valence-corrected chi connectivity index (χ4v) is 1.24. The van der Waals surface area contributed by atoms with Crippen molar-refractivity contribution in [2.24, 2.45) is 0 Å². The highest BCUT2D eigenvalue weighted by Crippen LogP contribution is 2.06. The summed E-state index contributed by atoms with van der Waals surface area (Å²) in [4.78, 5) is 0. The molecular formula is C9H19NO2. The fraction of sp³-hybridized carbons (Fsp3) is 1.00. The molecule has 3 heteroatoms. The van der Waals surface area contributed by atoms with Crippen LogP contribution < -0.4 is 5.32 Å². The molecule has 0 spiro atoms. The minimum atomic E-state index is 0.355. The Kier molecular flexibility index (Phi) is 5.32. The summed E-state index contributed by atoms with van der Waals surface area (Å²) in [7, 11) is 0. The molecule has 0 amide bonds. The molecule has 1 aliphatic rings. The predicted molar refractivity (Wildman–Crippen MR) is 48.3 cm³/mol. The summed E-state index contributed by atoms with van der Waals surface area (Å²) in [6.07, 6.45) is 2.61. The van der Waals surface area contributed by atoms with Gasteiger partial charge in [-0.1, -0.05) is 6.92 Å². The van der Waals surface area contributed by atoms with Gasteiger partial charge in [0.15, 0.2) is 0 Å². The lowest BCUT2D eigenvalue weighted by Gasteiger charge is -2.09. The summed E-state index contributed by atoms with van der Waals surface area (Å²) in [5.74, 6) is 0. The van der Waals surface area contributed by atoms with Crippen LogP contribution in [0.2, 0.25) is 0 Å². The van der Waals surface area contributed by atoms with E-state index in [0.717, 1.165) is 39.3 Å². The van der Waals surface area contributed by atoms with Gasteiger partial charge in [0.25, 0.3) is 0 Å². The molecule has 12 heavy (non-hydrogen) atoms. The lowest BCUT2D eigenvalue weighted by atomic mass is 10.3. The molecule has 1 heterocycles. The van der Waals surface area contributed by atoms with Gasteiger partial charge < -0.3 is 14.8 Å². The third kappa shape index (κ3) is 4.04. The second-order valence-corrected chi connectivity index (χ2v) is 3.11. The van der Waals surface area contributed by atoms with E-state index >= 15 is 0 Å². The smallest absolute Gasteiger partial charge is 0.0831 e. The zero-order valence-corrected chi connectivity index (χ0v) is 7.84. The molecule has 0 aliphatic carbocycles. The van der Waals surface area contributed by atoms with E-state index in [1.54, 1.807) is 0 Å². The van der Waals surface area contributed by atoms with E-state index in [9.17, 15) is 0 Å². The Hall–Kier alpha value is -0.120. The zero-order valence-electron chi connectivity index (χ0n) is 7.84. The summed E-state index contributed by atoms with van der Waals surface area (Å²) >= 11 is 0. The number of hydrogen-bond acceptors (Lipinski definition) is 3. The van der Waals surface area contributed by atoms with Crippen LogP contribution in [0.1, 0.15) is 19.8 Å². The summed E-state index contributed by atoms with van der Waals surface area (Å²) in [5.41, 5.74) is 0. The van der Waals surface area contributed by atoms with Gasteiger partial charge in [-0.25, -0.2) is 0 Å². The van der Waals surface area contributed by atoms with Crippen LogP contribution in [-0.4, -0.2) is 39.0 Å². The first kappa shape index (κ1) is 9.96. The summed E-state index contributed by atoms with van der Waals surface area (Å²) < 4.78 is 10.8. The van der Waals surface area contributed by atoms with Crippen molar-refractivity contribution in [2.45, 2.75) is 25.9 Å². The van der Waals surface area contributed by atoms with E-state index in [-0.39, 0.29) is 0 Å². The monoisotopic (exact) mass is 173 g/mol. The first-order valence-corrected chi connectivity index (χ1v) is 4.83. The molecule has 1 fully saturated rings. The lowest BCUT2D eigenvalue weighted by molar-refractivity contribution is 0.0446. The average Bonchev–Trinajstić information content (AvgIpc) is 2.57. The minimum Gasteiger partial charge on any atom is -0.379 e. The third-order valence-electron chi connectivity index (χ3n) is 1.95. The van der Waals surface area contributed by atoms with Gasteiger partial charge in [0.05, 0.1) is 19.3 Å². The highest BCUT2D eigenvalue weighted by molar-refractivity contribution is 4.62. The largest absolute Gasteiger partial charge is 0.379 e. The number of ether oxygens (including phenoxy) is 2. The topological polar surface area (TPSA) is 30.5 Å². The Balaban J connectivity index is 1.81. The molecule has 1 rings (SSSR count). The van der Waals surface area contributed by atoms with Crippen molar-refractivity contribution in [1.82, 2.24) is 5.32 Å². The van der Waals surface area contributed by atoms with E-state index in [0.29, 0.717) is 6.10 Å². The van der Waals surface area contributed by atoms with Gasteiger partial charge in [-0.15, -0.1) is 0 Å². The maximum Gasteiger partial charge on any atom is 0.0831 e. The van der Waals surface area contributed by atoms with E-state index in [1.165, 1.54) is 6.42 Å². The molecule has 0 aromatic heterocycles. The van der Waals surface area contributed by atoms with Gasteiger partial charge in [-0.2, -0.15) is 0 Å². The van der Waals surface area contributed by atoms with E-state index < -0.39 is 0 Å². The second-order valence-electron chi connectivity index (χ2n) is 3.11. The second kappa shape index (κ2) is 6.40. The maximum absolute atomic E-state index is 5.56. The van der Waals surface area contributed by atoms with Gasteiger partial charge in [-0.05, 0) is 19.4 Å². The Morgan fingerprint density at radius 1 is 1.50 bits per heavy atom. The molecule has 0 bridgehead atoms. The van der Waals surface area contributed by atoms with Crippen LogP contribution in [-0.2, 0) is 9.47 Å². The van der Waals surface area contributed by atoms with Crippen LogP contribution in [0.15, 0.2) is 0 Å². The van der Waals surface area contributed by atoms with Crippen LogP contribution in [0.5, 0.6) is 0 Å². The number of hydrogen-bond donors (Lipinski definition) is 1. The average molecular weight is 173 g/mol. The van der Waals surface area contributed by atoms with Crippen LogP contribution in [0.4, 0.5) is 0 Å². The van der Waals surface area contributed by atoms with Crippen LogP contribution in [0, 0.1) is 0 Å². The summed E-state index contributed by atoms with van der Waals surface area (Å²) in [6.45, 7) is 6.68. The van der Waals surface area contributed by atoms with Gasteiger partial charge in [0, 0.05) is 13.2 Å². The standard InChI is InChI=1S/C9H19NO2/c1-2-4-10-5-7-12-9-3-6-11-8-9/h9-10H,2-8H2,1H3. The molecular weight excluding hydrogens is 154 g/mol. The molecule has 0 saturated carbocycles. The Bertz CT molecular complexity index is 103. The van der Waals surface area contributed by atoms with Crippen molar-refractivity contribution in [1.29, 1.82) is 0 Å². The maximum atomic E-state index is 5.56. The van der Waals surface area contributed by atoms with Crippen LogP contribution in [0.25, 0.3) is 0 Å². The van der Waals surface area contributed by atoms with Gasteiger partial charge in [0.2, 0.25) is 0 Å². The van der Waals surface area contributed by atoms with E-state index in [2.05, 4.69) is 12.2 Å². The van der Waals surface area contributed by atoms with Crippen molar-refractivity contribution in [3.05, 3.63) is 0 Å². The summed E-state index contributed by atoms with van der Waals surface area (Å²) in [6, 6.07) is 0. The highest BCUT2D eigenvalue weighted by atomic mass is 16.5. The molecule has 0 aromatic carbocycles. The van der Waals surface area contributed by atoms with Crippen molar-refractivity contribution in [3.8, 4) is 0 Å². The quantitative estimate of drug-likeness (QED) is 0.602. The van der Waals surface area contributed by atoms with Gasteiger partial charge in [0.1, 0.15) is 0 Å². The fourth-order valence-electron chi connectivity index (χ4n) is 1.24. The SMILES string of the molecule is CCCNCCOC1CCOC1. The minimum absolute atomic E-state index is 0.355. The number of nitrogens with one attached hydrogen (secondary N) is 1. The van der Waals surface area contributed by atoms with E-state index in [4.69, 9.17) is 9.47 Å². The first-order valence-electron chi connectivity index (χ1n) is 4.83. The molecule has 0 aromatic rings. The normalized spacial score (nSPS) is 23.2. The molecule has 0 radical (unpaired) electrons. The highest BCUT2D eigenvalue weighted by Gasteiger charge is 2.14. The summed E-state index contributed by atoms with van der Waals surface area (Å²) in [5, 5.41) is 3.29. The Morgan fingerprint density at radius 3 is 3.08 bits per heavy atom. The first-order chi connectivity index (χ1) is 5.93. The molecule has 1 aliphatic heterocycles. The molecule has 72 valence electrons. The molecule has 1 unspecified atom stereocenters. The van der Waals surface area contributed by atoms with Crippen molar-refractivity contribution in [2.75, 3.05) is 32.9 Å². The van der Waals surface area contributed by atoms with Crippen LogP contribution in [0.3, 0.4) is 0 Å². The predicted octanol–water partition coefficient (Wildman–Crippen LogP) is 0.791. The van der Waals surface area contributed by atoms with Gasteiger partial charge >= 0.3 is 0 Å². The Labute approximate surface area is 74.4 Å².